The maximum atomic E-state index is 13.8. The number of benzene rings is 4. The summed E-state index contributed by atoms with van der Waals surface area (Å²) in [6.07, 6.45) is 0. The molecule has 1 amide bonds. The van der Waals surface area contributed by atoms with Gasteiger partial charge in [-0.25, -0.2) is 8.78 Å². The molecule has 0 atom stereocenters. The van der Waals surface area contributed by atoms with Crippen molar-refractivity contribution in [3.63, 3.8) is 0 Å². The van der Waals surface area contributed by atoms with Gasteiger partial charge >= 0.3 is 0 Å². The van der Waals surface area contributed by atoms with Gasteiger partial charge in [0.25, 0.3) is 5.91 Å². The normalized spacial score (nSPS) is 10.6. The molecule has 0 heterocycles. The summed E-state index contributed by atoms with van der Waals surface area (Å²) in [6, 6.07) is 19.2. The molecule has 0 radical (unpaired) electrons. The van der Waals surface area contributed by atoms with Crippen LogP contribution in [0.25, 0.3) is 10.8 Å². The molecule has 0 fully saturated rings. The van der Waals surface area contributed by atoms with Gasteiger partial charge in [0, 0.05) is 16.5 Å². The third kappa shape index (κ3) is 4.93. The molecule has 4 aromatic carbocycles. The second-order valence-electron chi connectivity index (χ2n) is 7.06. The molecule has 0 aliphatic carbocycles. The van der Waals surface area contributed by atoms with Crippen molar-refractivity contribution in [2.45, 2.75) is 0 Å². The summed E-state index contributed by atoms with van der Waals surface area (Å²) in [5.41, 5.74) is -0.281. The predicted molar refractivity (Wildman–Crippen MR) is 132 cm³/mol. The van der Waals surface area contributed by atoms with Crippen LogP contribution < -0.4 is 20.1 Å². The smallest absolute Gasteiger partial charge is 0.263 e. The number of carbonyl (C=O) groups excluding carboxylic acids is 1. The minimum atomic E-state index is -1.01. The molecule has 0 saturated carbocycles. The number of thiocarbonyl (C=S) groups is 1. The van der Waals surface area contributed by atoms with Crippen LogP contribution in [0.3, 0.4) is 0 Å². The molecule has 0 aromatic heterocycles. The van der Waals surface area contributed by atoms with Gasteiger partial charge in [-0.2, -0.15) is 0 Å². The molecule has 4 aromatic rings. The van der Waals surface area contributed by atoms with E-state index in [2.05, 4.69) is 10.6 Å². The Morgan fingerprint density at radius 3 is 2.15 bits per heavy atom. The zero-order valence-electron chi connectivity index (χ0n) is 17.7. The van der Waals surface area contributed by atoms with Crippen LogP contribution in [0.4, 0.5) is 14.5 Å². The summed E-state index contributed by atoms with van der Waals surface area (Å²) in [7, 11) is 1.60. The second kappa shape index (κ2) is 10.0. The molecule has 0 bridgehead atoms. The van der Waals surface area contributed by atoms with Gasteiger partial charge in [-0.3, -0.25) is 10.1 Å². The zero-order chi connectivity index (χ0) is 24.2. The van der Waals surface area contributed by atoms with Crippen molar-refractivity contribution in [2.24, 2.45) is 0 Å². The lowest BCUT2D eigenvalue weighted by Gasteiger charge is -2.14. The van der Waals surface area contributed by atoms with Crippen molar-refractivity contribution in [2.75, 3.05) is 12.4 Å². The Hall–Kier alpha value is -3.75. The number of hydrogen-bond donors (Lipinski definition) is 2. The van der Waals surface area contributed by atoms with E-state index >= 15 is 0 Å². The molecule has 0 aliphatic heterocycles. The van der Waals surface area contributed by atoms with Crippen molar-refractivity contribution in [3.8, 4) is 17.2 Å². The fourth-order valence-electron chi connectivity index (χ4n) is 3.33. The lowest BCUT2D eigenvalue weighted by atomic mass is 10.1. The molecule has 4 rings (SSSR count). The molecule has 5 nitrogen and oxygen atoms in total. The van der Waals surface area contributed by atoms with E-state index in [4.69, 9.17) is 33.3 Å². The van der Waals surface area contributed by atoms with E-state index in [1.807, 2.05) is 24.3 Å². The molecule has 34 heavy (non-hydrogen) atoms. The Bertz CT molecular complexity index is 1390. The highest BCUT2D eigenvalue weighted by Crippen LogP contribution is 2.38. The number of carbonyl (C=O) groups is 1. The standard InChI is InChI=1S/C25H17ClF2N2O3S/c1-32-20-11-12-21(16-6-3-2-5-15(16)20)33-22-10-9-14(13-17(22)26)29-25(34)30-24(31)23-18(27)7-4-8-19(23)28/h2-13H,1H3,(H2,29,30,31,34). The Morgan fingerprint density at radius 1 is 0.882 bits per heavy atom. The summed E-state index contributed by atoms with van der Waals surface area (Å²) >= 11 is 11.5. The van der Waals surface area contributed by atoms with Gasteiger partial charge in [0.1, 0.15) is 34.4 Å². The van der Waals surface area contributed by atoms with E-state index in [1.165, 1.54) is 6.07 Å². The molecular weight excluding hydrogens is 482 g/mol. The molecule has 2 N–H and O–H groups in total. The van der Waals surface area contributed by atoms with Crippen LogP contribution in [0.2, 0.25) is 5.02 Å². The van der Waals surface area contributed by atoms with Crippen molar-refractivity contribution < 1.29 is 23.0 Å². The maximum absolute atomic E-state index is 13.8. The number of fused-ring (bicyclic) bond motifs is 1. The number of amides is 1. The summed E-state index contributed by atoms with van der Waals surface area (Å²) in [5, 5.41) is 6.87. The van der Waals surface area contributed by atoms with Crippen molar-refractivity contribution >= 4 is 51.3 Å². The van der Waals surface area contributed by atoms with Gasteiger partial charge in [-0.05, 0) is 54.7 Å². The topological polar surface area (TPSA) is 59.6 Å². The number of nitrogens with one attached hydrogen (secondary N) is 2. The highest BCUT2D eigenvalue weighted by Gasteiger charge is 2.18. The van der Waals surface area contributed by atoms with Gasteiger partial charge in [0.15, 0.2) is 5.11 Å². The zero-order valence-corrected chi connectivity index (χ0v) is 19.3. The van der Waals surface area contributed by atoms with E-state index in [-0.39, 0.29) is 10.1 Å². The third-order valence-corrected chi connectivity index (χ3v) is 5.39. The number of methoxy groups -OCH3 is 1. The highest BCUT2D eigenvalue weighted by atomic mass is 35.5. The van der Waals surface area contributed by atoms with Crippen LogP contribution in [0.15, 0.2) is 72.8 Å². The molecular formula is C25H17ClF2N2O3S. The SMILES string of the molecule is COc1ccc(Oc2ccc(NC(=S)NC(=O)c3c(F)cccc3F)cc2Cl)c2ccccc12. The van der Waals surface area contributed by atoms with Crippen LogP contribution in [0, 0.1) is 11.6 Å². The van der Waals surface area contributed by atoms with Crippen LogP contribution in [0.1, 0.15) is 10.4 Å². The minimum absolute atomic E-state index is 0.154. The van der Waals surface area contributed by atoms with Crippen LogP contribution in [-0.4, -0.2) is 18.1 Å². The minimum Gasteiger partial charge on any atom is -0.496 e. The second-order valence-corrected chi connectivity index (χ2v) is 7.88. The summed E-state index contributed by atoms with van der Waals surface area (Å²) in [6.45, 7) is 0. The first-order valence-corrected chi connectivity index (χ1v) is 10.8. The Balaban J connectivity index is 1.48. The highest BCUT2D eigenvalue weighted by molar-refractivity contribution is 7.80. The van der Waals surface area contributed by atoms with Crippen LogP contribution >= 0.6 is 23.8 Å². The third-order valence-electron chi connectivity index (χ3n) is 4.89. The Morgan fingerprint density at radius 2 is 1.50 bits per heavy atom. The van der Waals surface area contributed by atoms with Gasteiger partial charge < -0.3 is 14.8 Å². The average molecular weight is 499 g/mol. The van der Waals surface area contributed by atoms with Gasteiger partial charge in [-0.1, -0.05) is 41.9 Å². The Kier molecular flexibility index (Phi) is 6.90. The summed E-state index contributed by atoms with van der Waals surface area (Å²) in [4.78, 5) is 12.2. The molecule has 0 spiro atoms. The molecule has 0 unspecified atom stereocenters. The van der Waals surface area contributed by atoms with Crippen molar-refractivity contribution in [3.05, 3.63) is 95.0 Å². The van der Waals surface area contributed by atoms with Crippen LogP contribution in [0.5, 0.6) is 17.2 Å². The van der Waals surface area contributed by atoms with Crippen molar-refractivity contribution in [1.82, 2.24) is 5.32 Å². The molecule has 172 valence electrons. The monoisotopic (exact) mass is 498 g/mol. The number of hydrogen-bond acceptors (Lipinski definition) is 4. The first-order valence-electron chi connectivity index (χ1n) is 9.97. The fourth-order valence-corrected chi connectivity index (χ4v) is 3.76. The van der Waals surface area contributed by atoms with E-state index in [0.717, 1.165) is 28.7 Å². The van der Waals surface area contributed by atoms with E-state index < -0.39 is 23.1 Å². The average Bonchev–Trinajstić information content (AvgIpc) is 2.80. The lowest BCUT2D eigenvalue weighted by Crippen LogP contribution is -2.35. The first-order chi connectivity index (χ1) is 16.4. The molecule has 0 aliphatic rings. The van der Waals surface area contributed by atoms with E-state index in [0.29, 0.717) is 17.2 Å². The fraction of sp³-hybridized carbons (Fsp3) is 0.0400. The number of rotatable bonds is 5. The quantitative estimate of drug-likeness (QED) is 0.300. The summed E-state index contributed by atoms with van der Waals surface area (Å²) < 4.78 is 39.0. The number of halogens is 3. The number of ether oxygens (including phenoxy) is 2. The van der Waals surface area contributed by atoms with Crippen molar-refractivity contribution in [1.29, 1.82) is 0 Å². The first kappa shape index (κ1) is 23.4. The summed E-state index contributed by atoms with van der Waals surface area (Å²) in [5.74, 6) is -1.28. The molecule has 9 heteroatoms. The van der Waals surface area contributed by atoms with Crippen LogP contribution in [-0.2, 0) is 0 Å². The number of anilines is 1. The Labute approximate surface area is 204 Å². The lowest BCUT2D eigenvalue weighted by molar-refractivity contribution is 0.0969. The van der Waals surface area contributed by atoms with E-state index in [9.17, 15) is 13.6 Å². The van der Waals surface area contributed by atoms with Gasteiger partial charge in [-0.15, -0.1) is 0 Å². The molecule has 0 saturated heterocycles. The largest absolute Gasteiger partial charge is 0.496 e. The maximum Gasteiger partial charge on any atom is 0.263 e. The van der Waals surface area contributed by atoms with Gasteiger partial charge in [0.2, 0.25) is 0 Å². The van der Waals surface area contributed by atoms with E-state index in [1.54, 1.807) is 37.4 Å². The predicted octanol–water partition coefficient (Wildman–Crippen LogP) is 6.70. The van der Waals surface area contributed by atoms with Gasteiger partial charge in [0.05, 0.1) is 12.1 Å².